The first-order valence-electron chi connectivity index (χ1n) is 10.8. The van der Waals surface area contributed by atoms with Gasteiger partial charge in [-0.2, -0.15) is 0 Å². The molecule has 0 aliphatic heterocycles. The number of hydrogen-bond donors (Lipinski definition) is 0. The number of benzene rings is 1. The van der Waals surface area contributed by atoms with Gasteiger partial charge >= 0.3 is 0 Å². The van der Waals surface area contributed by atoms with Crippen molar-refractivity contribution in [3.8, 4) is 11.3 Å². The first kappa shape index (κ1) is 18.4. The fraction of sp³-hybridized carbons (Fsp3) is 0.385. The van der Waals surface area contributed by atoms with Crippen LogP contribution in [0.5, 0.6) is 0 Å². The van der Waals surface area contributed by atoms with Gasteiger partial charge in [0.2, 0.25) is 5.71 Å². The molecule has 0 atom stereocenters. The first-order valence-corrected chi connectivity index (χ1v) is 10.8. The van der Waals surface area contributed by atoms with Gasteiger partial charge in [0.25, 0.3) is 0 Å². The van der Waals surface area contributed by atoms with Crippen molar-refractivity contribution in [1.29, 1.82) is 0 Å². The van der Waals surface area contributed by atoms with Crippen molar-refractivity contribution in [2.45, 2.75) is 59.8 Å². The Kier molecular flexibility index (Phi) is 4.42. The van der Waals surface area contributed by atoms with E-state index in [9.17, 15) is 0 Å². The van der Waals surface area contributed by atoms with Crippen LogP contribution in [0.4, 0.5) is 0 Å². The van der Waals surface area contributed by atoms with E-state index in [0.29, 0.717) is 5.71 Å². The summed E-state index contributed by atoms with van der Waals surface area (Å²) in [4.78, 5) is 9.55. The highest BCUT2D eigenvalue weighted by molar-refractivity contribution is 6.10. The summed E-state index contributed by atoms with van der Waals surface area (Å²) in [6, 6.07) is 8.73. The minimum absolute atomic E-state index is 0.716. The summed E-state index contributed by atoms with van der Waals surface area (Å²) in [5.41, 5.74) is 9.78. The molecule has 0 saturated heterocycles. The fourth-order valence-electron chi connectivity index (χ4n) is 4.83. The molecule has 29 heavy (non-hydrogen) atoms. The maximum Gasteiger partial charge on any atom is 0.227 e. The second-order valence-electron chi connectivity index (χ2n) is 8.83. The highest BCUT2D eigenvalue weighted by Crippen LogP contribution is 2.38. The molecule has 3 nitrogen and oxygen atoms in total. The molecule has 3 heteroatoms. The second-order valence-corrected chi connectivity index (χ2v) is 8.83. The lowest BCUT2D eigenvalue weighted by molar-refractivity contribution is 0.544. The van der Waals surface area contributed by atoms with Crippen LogP contribution >= 0.6 is 0 Å². The highest BCUT2D eigenvalue weighted by Gasteiger charge is 2.19. The molecule has 0 unspecified atom stereocenters. The molecule has 4 aromatic rings. The molecule has 3 aromatic heterocycles. The van der Waals surface area contributed by atoms with Gasteiger partial charge in [-0.25, -0.2) is 4.98 Å². The quantitative estimate of drug-likeness (QED) is 0.381. The molecule has 1 fully saturated rings. The maximum absolute atomic E-state index is 6.28. The van der Waals surface area contributed by atoms with E-state index < -0.39 is 0 Å². The molecule has 0 N–H and O–H groups in total. The Labute approximate surface area is 172 Å². The van der Waals surface area contributed by atoms with Gasteiger partial charge in [-0.3, -0.25) is 4.98 Å². The van der Waals surface area contributed by atoms with Gasteiger partial charge < -0.3 is 4.42 Å². The lowest BCUT2D eigenvalue weighted by atomic mass is 9.95. The maximum atomic E-state index is 6.28. The van der Waals surface area contributed by atoms with E-state index in [2.05, 4.69) is 51.2 Å². The summed E-state index contributed by atoms with van der Waals surface area (Å²) in [6.45, 7) is 8.49. The van der Waals surface area contributed by atoms with Crippen LogP contribution in [0.1, 0.15) is 53.6 Å². The van der Waals surface area contributed by atoms with Crippen LogP contribution in [0, 0.1) is 33.6 Å². The van der Waals surface area contributed by atoms with Crippen molar-refractivity contribution in [3.63, 3.8) is 0 Å². The Bertz CT molecular complexity index is 1230. The van der Waals surface area contributed by atoms with Crippen LogP contribution in [0.3, 0.4) is 0 Å². The van der Waals surface area contributed by atoms with Crippen molar-refractivity contribution in [1.82, 2.24) is 9.97 Å². The second kappa shape index (κ2) is 6.98. The molecule has 3 heterocycles. The molecule has 0 radical (unpaired) electrons. The topological polar surface area (TPSA) is 38.9 Å². The van der Waals surface area contributed by atoms with Crippen LogP contribution in [-0.2, 0) is 6.42 Å². The number of rotatable bonds is 3. The molecule has 1 aliphatic carbocycles. The van der Waals surface area contributed by atoms with Crippen molar-refractivity contribution < 1.29 is 4.42 Å². The summed E-state index contributed by atoms with van der Waals surface area (Å²) >= 11 is 0. The molecule has 5 rings (SSSR count). The average Bonchev–Trinajstić information content (AvgIpc) is 3.32. The number of hydrogen-bond acceptors (Lipinski definition) is 3. The molecule has 148 valence electrons. The SMILES string of the molecule is Cc1cc(-c2ccc(C)c3c2oc2nc(C)c(C)cc23)ncc1CC1CCCC1. The number of pyridine rings is 2. The van der Waals surface area contributed by atoms with Crippen molar-refractivity contribution in [2.24, 2.45) is 5.92 Å². The largest absolute Gasteiger partial charge is 0.437 e. The van der Waals surface area contributed by atoms with Gasteiger partial charge in [-0.1, -0.05) is 31.7 Å². The van der Waals surface area contributed by atoms with Gasteiger partial charge in [-0.05, 0) is 80.5 Å². The van der Waals surface area contributed by atoms with Gasteiger partial charge in [0.1, 0.15) is 5.58 Å². The normalized spacial score (nSPS) is 15.0. The zero-order valence-electron chi connectivity index (χ0n) is 17.8. The Morgan fingerprint density at radius 1 is 0.966 bits per heavy atom. The van der Waals surface area contributed by atoms with Crippen LogP contribution in [0.25, 0.3) is 33.3 Å². The molecular formula is C26H28N2O. The van der Waals surface area contributed by atoms with E-state index in [4.69, 9.17) is 14.4 Å². The van der Waals surface area contributed by atoms with Crippen LogP contribution < -0.4 is 0 Å². The van der Waals surface area contributed by atoms with E-state index in [1.807, 2.05) is 6.92 Å². The van der Waals surface area contributed by atoms with Gasteiger partial charge in [0.15, 0.2) is 0 Å². The van der Waals surface area contributed by atoms with Crippen LogP contribution in [0.15, 0.2) is 34.9 Å². The molecular weight excluding hydrogens is 356 g/mol. The third kappa shape index (κ3) is 3.13. The lowest BCUT2D eigenvalue weighted by Crippen LogP contribution is -2.02. The molecule has 0 spiro atoms. The smallest absolute Gasteiger partial charge is 0.227 e. The minimum Gasteiger partial charge on any atom is -0.437 e. The number of aromatic nitrogens is 2. The fourth-order valence-corrected chi connectivity index (χ4v) is 4.83. The first-order chi connectivity index (χ1) is 14.0. The Balaban J connectivity index is 1.63. The monoisotopic (exact) mass is 384 g/mol. The Morgan fingerprint density at radius 3 is 2.52 bits per heavy atom. The number of aryl methyl sites for hydroxylation is 4. The third-order valence-corrected chi connectivity index (χ3v) is 6.74. The van der Waals surface area contributed by atoms with Crippen LogP contribution in [-0.4, -0.2) is 9.97 Å². The van der Waals surface area contributed by atoms with Gasteiger partial charge in [-0.15, -0.1) is 0 Å². The number of furan rings is 1. The van der Waals surface area contributed by atoms with Crippen molar-refractivity contribution in [3.05, 3.63) is 58.4 Å². The number of nitrogens with zero attached hydrogens (tertiary/aromatic N) is 2. The molecule has 1 saturated carbocycles. The summed E-state index contributed by atoms with van der Waals surface area (Å²) in [6.07, 6.45) is 8.75. The highest BCUT2D eigenvalue weighted by atomic mass is 16.3. The van der Waals surface area contributed by atoms with Gasteiger partial charge in [0, 0.05) is 28.2 Å². The summed E-state index contributed by atoms with van der Waals surface area (Å²) in [5.74, 6) is 0.834. The lowest BCUT2D eigenvalue weighted by Gasteiger charge is -2.12. The standard InChI is InChI=1S/C26H28N2O/c1-15-9-10-21(25-24(15)22-11-16(2)18(4)28-26(22)29-25)23-12-17(3)20(14-27-23)13-19-7-5-6-8-19/h9-12,14,19H,5-8,13H2,1-4H3. The van der Waals surface area contributed by atoms with Crippen molar-refractivity contribution in [2.75, 3.05) is 0 Å². The summed E-state index contributed by atoms with van der Waals surface area (Å²) in [7, 11) is 0. The average molecular weight is 385 g/mol. The van der Waals surface area contributed by atoms with Crippen molar-refractivity contribution >= 4 is 22.1 Å². The zero-order valence-corrected chi connectivity index (χ0v) is 17.8. The third-order valence-electron chi connectivity index (χ3n) is 6.74. The van der Waals surface area contributed by atoms with E-state index >= 15 is 0 Å². The summed E-state index contributed by atoms with van der Waals surface area (Å²) in [5, 5.41) is 2.25. The molecule has 0 bridgehead atoms. The Hall–Kier alpha value is -2.68. The minimum atomic E-state index is 0.716. The van der Waals surface area contributed by atoms with E-state index in [0.717, 1.165) is 45.6 Å². The predicted molar refractivity (Wildman–Crippen MR) is 119 cm³/mol. The Morgan fingerprint density at radius 2 is 1.76 bits per heavy atom. The summed E-state index contributed by atoms with van der Waals surface area (Å²) < 4.78 is 6.28. The zero-order chi connectivity index (χ0) is 20.1. The van der Waals surface area contributed by atoms with E-state index in [-0.39, 0.29) is 0 Å². The molecule has 0 amide bonds. The van der Waals surface area contributed by atoms with E-state index in [1.54, 1.807) is 0 Å². The predicted octanol–water partition coefficient (Wildman–Crippen LogP) is 7.01. The van der Waals surface area contributed by atoms with Crippen LogP contribution in [0.2, 0.25) is 0 Å². The molecule has 1 aromatic carbocycles. The molecule has 1 aliphatic rings. The number of fused-ring (bicyclic) bond motifs is 3. The van der Waals surface area contributed by atoms with E-state index in [1.165, 1.54) is 47.9 Å². The van der Waals surface area contributed by atoms with Gasteiger partial charge in [0.05, 0.1) is 5.69 Å².